The number of pyridine rings is 2. The highest BCUT2D eigenvalue weighted by Crippen LogP contribution is 2.42. The van der Waals surface area contributed by atoms with E-state index in [1.165, 1.54) is 33.4 Å². The molecule has 34 heavy (non-hydrogen) atoms. The van der Waals surface area contributed by atoms with Gasteiger partial charge in [0, 0.05) is 12.4 Å². The van der Waals surface area contributed by atoms with E-state index in [-0.39, 0.29) is 0 Å². The smallest absolute Gasteiger partial charge is 0.130 e. The van der Waals surface area contributed by atoms with Gasteiger partial charge in [0.25, 0.3) is 0 Å². The molecule has 0 bridgehead atoms. The Morgan fingerprint density at radius 1 is 0.529 bits per heavy atom. The van der Waals surface area contributed by atoms with Crippen LogP contribution >= 0.6 is 0 Å². The monoisotopic (exact) mass is 442 g/mol. The fourth-order valence-corrected chi connectivity index (χ4v) is 4.28. The van der Waals surface area contributed by atoms with Gasteiger partial charge in [-0.05, 0) is 81.9 Å². The summed E-state index contributed by atoms with van der Waals surface area (Å²) in [7, 11) is 0. The molecule has 0 spiro atoms. The van der Waals surface area contributed by atoms with Crippen molar-refractivity contribution in [3.8, 4) is 11.5 Å². The summed E-state index contributed by atoms with van der Waals surface area (Å²) in [6.45, 7) is 0.886. The van der Waals surface area contributed by atoms with E-state index in [0.717, 1.165) is 22.9 Å². The Bertz CT molecular complexity index is 1330. The molecule has 4 aromatic rings. The van der Waals surface area contributed by atoms with Crippen LogP contribution in [0.2, 0.25) is 0 Å². The highest BCUT2D eigenvalue weighted by Gasteiger charge is 2.20. The Balaban J connectivity index is 1.27. The van der Waals surface area contributed by atoms with Crippen LogP contribution in [0.1, 0.15) is 33.6 Å². The fraction of sp³-hybridized carbons (Fsp3) is 0.0667. The summed E-state index contributed by atoms with van der Waals surface area (Å²) in [5.41, 5.74) is 8.92. The molecule has 0 aliphatic heterocycles. The molecule has 2 heterocycles. The van der Waals surface area contributed by atoms with Gasteiger partial charge in [0.2, 0.25) is 0 Å². The fourth-order valence-electron chi connectivity index (χ4n) is 4.28. The van der Waals surface area contributed by atoms with Gasteiger partial charge in [-0.1, -0.05) is 48.6 Å². The van der Waals surface area contributed by atoms with Gasteiger partial charge >= 0.3 is 0 Å². The molecule has 2 aliphatic carbocycles. The number of hydrogen-bond donors (Lipinski definition) is 0. The van der Waals surface area contributed by atoms with Crippen LogP contribution in [0.5, 0.6) is 11.5 Å². The minimum Gasteiger partial charge on any atom is -0.487 e. The third-order valence-corrected chi connectivity index (χ3v) is 6.00. The number of allylic oxidation sites excluding steroid dienone is 4. The average Bonchev–Trinajstić information content (AvgIpc) is 3.50. The van der Waals surface area contributed by atoms with Crippen molar-refractivity contribution in [2.75, 3.05) is 0 Å². The largest absolute Gasteiger partial charge is 0.487 e. The molecule has 0 atom stereocenters. The summed E-state index contributed by atoms with van der Waals surface area (Å²) < 4.78 is 12.1. The van der Waals surface area contributed by atoms with E-state index >= 15 is 0 Å². The highest BCUT2D eigenvalue weighted by atomic mass is 16.5. The summed E-state index contributed by atoms with van der Waals surface area (Å²) >= 11 is 0. The Kier molecular flexibility index (Phi) is 5.24. The predicted octanol–water partition coefficient (Wildman–Crippen LogP) is 6.60. The van der Waals surface area contributed by atoms with Crippen LogP contribution < -0.4 is 9.47 Å². The molecule has 0 saturated heterocycles. The number of rotatable bonds is 6. The average molecular weight is 443 g/mol. The second kappa shape index (κ2) is 8.83. The van der Waals surface area contributed by atoms with Gasteiger partial charge in [-0.25, -0.2) is 0 Å². The Hall–Kier alpha value is -4.44. The van der Waals surface area contributed by atoms with E-state index in [9.17, 15) is 0 Å². The molecule has 2 aliphatic rings. The molecule has 0 radical (unpaired) electrons. The Morgan fingerprint density at radius 3 is 1.47 bits per heavy atom. The normalized spacial score (nSPS) is 15.3. The maximum absolute atomic E-state index is 6.03. The molecule has 4 heteroatoms. The number of nitrogens with zero attached hydrogens (tertiary/aromatic N) is 2. The van der Waals surface area contributed by atoms with E-state index in [2.05, 4.69) is 58.5 Å². The van der Waals surface area contributed by atoms with Gasteiger partial charge in [0.1, 0.15) is 24.7 Å². The summed E-state index contributed by atoms with van der Waals surface area (Å²) in [6.07, 6.45) is 12.3. The number of benzene rings is 2. The van der Waals surface area contributed by atoms with Crippen LogP contribution in [0.25, 0.3) is 23.3 Å². The third-order valence-electron chi connectivity index (χ3n) is 6.00. The van der Waals surface area contributed by atoms with Crippen LogP contribution in [0, 0.1) is 0 Å². The van der Waals surface area contributed by atoms with Crippen molar-refractivity contribution in [3.05, 3.63) is 131 Å². The number of aromatic nitrogens is 2. The lowest BCUT2D eigenvalue weighted by molar-refractivity contribution is 0.301. The number of fused-ring (bicyclic) bond motifs is 2. The van der Waals surface area contributed by atoms with Crippen LogP contribution in [0.4, 0.5) is 0 Å². The van der Waals surface area contributed by atoms with Gasteiger partial charge in [0.15, 0.2) is 0 Å². The first-order valence-corrected chi connectivity index (χ1v) is 11.3. The van der Waals surface area contributed by atoms with Crippen molar-refractivity contribution in [1.29, 1.82) is 0 Å². The van der Waals surface area contributed by atoms with Gasteiger partial charge in [-0.2, -0.15) is 0 Å². The Labute approximate surface area is 198 Å². The first-order chi connectivity index (χ1) is 16.8. The molecule has 0 unspecified atom stereocenters. The molecule has 164 valence electrons. The van der Waals surface area contributed by atoms with Gasteiger partial charge in [-0.3, -0.25) is 9.97 Å². The topological polar surface area (TPSA) is 44.2 Å². The lowest BCUT2D eigenvalue weighted by atomic mass is 9.96. The SMILES string of the molecule is C1=Cc2ccc(OCc3ccccn3)cc2/C1=C1\C=Cc2ccc(OCc3ccccn3)cc21. The van der Waals surface area contributed by atoms with E-state index < -0.39 is 0 Å². The van der Waals surface area contributed by atoms with E-state index in [1.54, 1.807) is 12.4 Å². The molecule has 0 saturated carbocycles. The molecular weight excluding hydrogens is 420 g/mol. The predicted molar refractivity (Wildman–Crippen MR) is 135 cm³/mol. The lowest BCUT2D eigenvalue weighted by Crippen LogP contribution is -1.98. The molecule has 2 aromatic heterocycles. The number of hydrogen-bond acceptors (Lipinski definition) is 4. The summed E-state index contributed by atoms with van der Waals surface area (Å²) in [6, 6.07) is 24.2. The van der Waals surface area contributed by atoms with E-state index in [1.807, 2.05) is 48.5 Å². The zero-order chi connectivity index (χ0) is 22.7. The second-order valence-electron chi connectivity index (χ2n) is 8.21. The standard InChI is InChI=1S/C30H22N2O2/c1-3-15-31-23(5-1)19-33-25-11-7-21-9-13-27(29(21)17-25)28-14-10-22-8-12-26(18-30(22)28)34-20-24-6-2-4-16-32-24/h1-18H,19-20H2/b28-27+. The van der Waals surface area contributed by atoms with Crippen molar-refractivity contribution in [2.24, 2.45) is 0 Å². The Morgan fingerprint density at radius 2 is 1.03 bits per heavy atom. The minimum absolute atomic E-state index is 0.443. The molecule has 0 amide bonds. The highest BCUT2D eigenvalue weighted by molar-refractivity contribution is 6.10. The molecule has 0 fully saturated rings. The van der Waals surface area contributed by atoms with Crippen molar-refractivity contribution in [1.82, 2.24) is 9.97 Å². The zero-order valence-corrected chi connectivity index (χ0v) is 18.5. The molecule has 2 aromatic carbocycles. The van der Waals surface area contributed by atoms with Crippen LogP contribution in [-0.2, 0) is 13.2 Å². The maximum atomic E-state index is 6.03. The number of ether oxygens (including phenoxy) is 2. The van der Waals surface area contributed by atoms with Gasteiger partial charge in [-0.15, -0.1) is 0 Å². The molecule has 6 rings (SSSR count). The zero-order valence-electron chi connectivity index (χ0n) is 18.5. The summed E-state index contributed by atoms with van der Waals surface area (Å²) in [4.78, 5) is 8.68. The van der Waals surface area contributed by atoms with E-state index in [0.29, 0.717) is 13.2 Å². The van der Waals surface area contributed by atoms with Gasteiger partial charge < -0.3 is 9.47 Å². The summed E-state index contributed by atoms with van der Waals surface area (Å²) in [5, 5.41) is 0. The van der Waals surface area contributed by atoms with E-state index in [4.69, 9.17) is 9.47 Å². The van der Waals surface area contributed by atoms with Crippen molar-refractivity contribution in [3.63, 3.8) is 0 Å². The van der Waals surface area contributed by atoms with Crippen LogP contribution in [0.15, 0.2) is 97.3 Å². The van der Waals surface area contributed by atoms with Crippen LogP contribution in [0.3, 0.4) is 0 Å². The minimum atomic E-state index is 0.443. The molecule has 0 N–H and O–H groups in total. The van der Waals surface area contributed by atoms with Crippen molar-refractivity contribution >= 4 is 23.3 Å². The molecule has 4 nitrogen and oxygen atoms in total. The van der Waals surface area contributed by atoms with Crippen molar-refractivity contribution < 1.29 is 9.47 Å². The van der Waals surface area contributed by atoms with Crippen LogP contribution in [-0.4, -0.2) is 9.97 Å². The van der Waals surface area contributed by atoms with Gasteiger partial charge in [0.05, 0.1) is 11.4 Å². The lowest BCUT2D eigenvalue weighted by Gasteiger charge is -2.12. The third kappa shape index (κ3) is 4.02. The first-order valence-electron chi connectivity index (χ1n) is 11.3. The molecular formula is C30H22N2O2. The summed E-state index contributed by atoms with van der Waals surface area (Å²) in [5.74, 6) is 1.67. The quantitative estimate of drug-likeness (QED) is 0.337. The first kappa shape index (κ1) is 20.2. The maximum Gasteiger partial charge on any atom is 0.130 e. The second-order valence-corrected chi connectivity index (χ2v) is 8.21. The van der Waals surface area contributed by atoms with Crippen molar-refractivity contribution in [2.45, 2.75) is 13.2 Å².